The topological polar surface area (TPSA) is 43.8 Å². The Bertz CT molecular complexity index is 367. The summed E-state index contributed by atoms with van der Waals surface area (Å²) in [5.74, 6) is -0.0255. The van der Waals surface area contributed by atoms with E-state index in [1.165, 1.54) is 0 Å². The number of para-hydroxylation sites is 1. The van der Waals surface area contributed by atoms with Crippen LogP contribution in [0.3, 0.4) is 0 Å². The monoisotopic (exact) mass is 220 g/mol. The number of hydrogen-bond acceptors (Lipinski definition) is 3. The van der Waals surface area contributed by atoms with Gasteiger partial charge >= 0.3 is 0 Å². The molecule has 1 fully saturated rings. The van der Waals surface area contributed by atoms with Crippen molar-refractivity contribution in [1.82, 2.24) is 4.90 Å². The Labute approximate surface area is 95.1 Å². The number of anilines is 1. The number of amides is 1. The van der Waals surface area contributed by atoms with E-state index in [0.717, 1.165) is 12.2 Å². The average molecular weight is 220 g/mol. The summed E-state index contributed by atoms with van der Waals surface area (Å²) in [5, 5.41) is 9.21. The molecule has 0 bridgehead atoms. The molecule has 2 rings (SSSR count). The second kappa shape index (κ2) is 4.63. The molecule has 1 atom stereocenters. The zero-order chi connectivity index (χ0) is 11.5. The van der Waals surface area contributed by atoms with Gasteiger partial charge in [-0.2, -0.15) is 0 Å². The van der Waals surface area contributed by atoms with Crippen LogP contribution in [0.5, 0.6) is 0 Å². The van der Waals surface area contributed by atoms with Crippen LogP contribution in [-0.4, -0.2) is 48.7 Å². The molecule has 1 aliphatic rings. The SMILES string of the molecule is CN1CCN(c2ccccc2)C(=O)C1CO. The number of benzene rings is 1. The van der Waals surface area contributed by atoms with Gasteiger partial charge in [-0.15, -0.1) is 0 Å². The molecule has 1 saturated heterocycles. The Balaban J connectivity index is 2.21. The zero-order valence-corrected chi connectivity index (χ0v) is 9.34. The Morgan fingerprint density at radius 2 is 2.00 bits per heavy atom. The van der Waals surface area contributed by atoms with Gasteiger partial charge in [0.1, 0.15) is 6.04 Å². The molecule has 1 N–H and O–H groups in total. The highest BCUT2D eigenvalue weighted by atomic mass is 16.3. The summed E-state index contributed by atoms with van der Waals surface area (Å²) in [4.78, 5) is 15.7. The largest absolute Gasteiger partial charge is 0.394 e. The fourth-order valence-electron chi connectivity index (χ4n) is 1.97. The fraction of sp³-hybridized carbons (Fsp3) is 0.417. The van der Waals surface area contributed by atoms with E-state index in [4.69, 9.17) is 0 Å². The highest BCUT2D eigenvalue weighted by Gasteiger charge is 2.32. The third-order valence-electron chi connectivity index (χ3n) is 3.00. The van der Waals surface area contributed by atoms with Crippen LogP contribution in [0.15, 0.2) is 30.3 Å². The molecule has 1 aromatic rings. The molecule has 1 aliphatic heterocycles. The smallest absolute Gasteiger partial charge is 0.246 e. The standard InChI is InChI=1S/C12H16N2O2/c1-13-7-8-14(12(16)11(13)9-15)10-5-3-2-4-6-10/h2-6,11,15H,7-9H2,1H3. The lowest BCUT2D eigenvalue weighted by Crippen LogP contribution is -2.57. The van der Waals surface area contributed by atoms with Crippen molar-refractivity contribution < 1.29 is 9.90 Å². The van der Waals surface area contributed by atoms with Gasteiger partial charge in [-0.25, -0.2) is 0 Å². The van der Waals surface area contributed by atoms with Crippen LogP contribution in [0, 0.1) is 0 Å². The quantitative estimate of drug-likeness (QED) is 0.781. The first-order valence-electron chi connectivity index (χ1n) is 5.41. The summed E-state index contributed by atoms with van der Waals surface area (Å²) in [6.07, 6.45) is 0. The van der Waals surface area contributed by atoms with Crippen LogP contribution in [-0.2, 0) is 4.79 Å². The van der Waals surface area contributed by atoms with Gasteiger partial charge in [0, 0.05) is 18.8 Å². The number of nitrogens with zero attached hydrogens (tertiary/aromatic N) is 2. The molecular weight excluding hydrogens is 204 g/mol. The number of aliphatic hydroxyl groups excluding tert-OH is 1. The van der Waals surface area contributed by atoms with Crippen molar-refractivity contribution in [2.24, 2.45) is 0 Å². The maximum atomic E-state index is 12.1. The van der Waals surface area contributed by atoms with Crippen LogP contribution in [0.1, 0.15) is 0 Å². The van der Waals surface area contributed by atoms with Gasteiger partial charge in [-0.1, -0.05) is 18.2 Å². The normalized spacial score (nSPS) is 22.5. The molecule has 1 amide bonds. The summed E-state index contributed by atoms with van der Waals surface area (Å²) in [6, 6.07) is 9.17. The number of aliphatic hydroxyl groups is 1. The predicted octanol–water partition coefficient (Wildman–Crippen LogP) is 0.326. The van der Waals surface area contributed by atoms with Crippen LogP contribution in [0.2, 0.25) is 0 Å². The fourth-order valence-corrected chi connectivity index (χ4v) is 1.97. The summed E-state index contributed by atoms with van der Waals surface area (Å²) in [6.45, 7) is 1.33. The number of carbonyl (C=O) groups is 1. The molecular formula is C12H16N2O2. The van der Waals surface area contributed by atoms with Crippen LogP contribution < -0.4 is 4.90 Å². The highest BCUT2D eigenvalue weighted by Crippen LogP contribution is 2.18. The van der Waals surface area contributed by atoms with Gasteiger partial charge in [0.25, 0.3) is 0 Å². The van der Waals surface area contributed by atoms with Gasteiger partial charge in [-0.05, 0) is 19.2 Å². The summed E-state index contributed by atoms with van der Waals surface area (Å²) < 4.78 is 0. The van der Waals surface area contributed by atoms with Crippen molar-refractivity contribution in [3.05, 3.63) is 30.3 Å². The van der Waals surface area contributed by atoms with Crippen molar-refractivity contribution in [3.63, 3.8) is 0 Å². The lowest BCUT2D eigenvalue weighted by Gasteiger charge is -2.37. The molecule has 16 heavy (non-hydrogen) atoms. The first-order valence-corrected chi connectivity index (χ1v) is 5.41. The number of piperazine rings is 1. The van der Waals surface area contributed by atoms with Gasteiger partial charge in [-0.3, -0.25) is 9.69 Å². The molecule has 4 nitrogen and oxygen atoms in total. The minimum absolute atomic E-state index is 0.0255. The molecule has 0 saturated carbocycles. The number of rotatable bonds is 2. The van der Waals surface area contributed by atoms with Crippen molar-refractivity contribution in [2.45, 2.75) is 6.04 Å². The zero-order valence-electron chi connectivity index (χ0n) is 9.34. The predicted molar refractivity (Wildman–Crippen MR) is 62.3 cm³/mol. The van der Waals surface area contributed by atoms with Crippen LogP contribution >= 0.6 is 0 Å². The third-order valence-corrected chi connectivity index (χ3v) is 3.00. The maximum absolute atomic E-state index is 12.1. The molecule has 86 valence electrons. The molecule has 1 unspecified atom stereocenters. The Morgan fingerprint density at radius 3 is 2.62 bits per heavy atom. The van der Waals surface area contributed by atoms with E-state index in [2.05, 4.69) is 0 Å². The number of likely N-dealkylation sites (N-methyl/N-ethyl adjacent to an activating group) is 1. The first kappa shape index (κ1) is 11.1. The molecule has 0 aliphatic carbocycles. The summed E-state index contributed by atoms with van der Waals surface area (Å²) in [7, 11) is 1.86. The van der Waals surface area contributed by atoms with E-state index in [9.17, 15) is 9.90 Å². The van der Waals surface area contributed by atoms with Crippen molar-refractivity contribution in [3.8, 4) is 0 Å². The van der Waals surface area contributed by atoms with E-state index in [-0.39, 0.29) is 12.5 Å². The van der Waals surface area contributed by atoms with E-state index < -0.39 is 6.04 Å². The third kappa shape index (κ3) is 1.94. The van der Waals surface area contributed by atoms with E-state index in [1.54, 1.807) is 4.90 Å². The van der Waals surface area contributed by atoms with Crippen LogP contribution in [0.4, 0.5) is 5.69 Å². The van der Waals surface area contributed by atoms with Gasteiger partial charge in [0.2, 0.25) is 5.91 Å². The van der Waals surface area contributed by atoms with Gasteiger partial charge < -0.3 is 10.0 Å². The van der Waals surface area contributed by atoms with Crippen molar-refractivity contribution in [1.29, 1.82) is 0 Å². The molecule has 1 heterocycles. The Morgan fingerprint density at radius 1 is 1.31 bits per heavy atom. The van der Waals surface area contributed by atoms with Crippen molar-refractivity contribution in [2.75, 3.05) is 31.6 Å². The van der Waals surface area contributed by atoms with Gasteiger partial charge in [0.05, 0.1) is 6.61 Å². The number of hydrogen-bond donors (Lipinski definition) is 1. The van der Waals surface area contributed by atoms with E-state index in [1.807, 2.05) is 42.3 Å². The Kier molecular flexibility index (Phi) is 3.22. The second-order valence-electron chi connectivity index (χ2n) is 4.00. The highest BCUT2D eigenvalue weighted by molar-refractivity contribution is 5.98. The van der Waals surface area contributed by atoms with Gasteiger partial charge in [0.15, 0.2) is 0 Å². The van der Waals surface area contributed by atoms with Crippen LogP contribution in [0.25, 0.3) is 0 Å². The van der Waals surface area contributed by atoms with Crippen molar-refractivity contribution >= 4 is 11.6 Å². The molecule has 4 heteroatoms. The average Bonchev–Trinajstić information content (AvgIpc) is 2.31. The summed E-state index contributed by atoms with van der Waals surface area (Å²) in [5.41, 5.74) is 0.902. The second-order valence-corrected chi connectivity index (χ2v) is 4.00. The minimum atomic E-state index is -0.408. The Hall–Kier alpha value is -1.39. The van der Waals surface area contributed by atoms with E-state index in [0.29, 0.717) is 6.54 Å². The lowest BCUT2D eigenvalue weighted by atomic mass is 10.1. The number of carbonyl (C=O) groups excluding carboxylic acids is 1. The molecule has 1 aromatic carbocycles. The van der Waals surface area contributed by atoms with E-state index >= 15 is 0 Å². The first-order chi connectivity index (χ1) is 7.74. The molecule has 0 radical (unpaired) electrons. The minimum Gasteiger partial charge on any atom is -0.394 e. The lowest BCUT2D eigenvalue weighted by molar-refractivity contribution is -0.126. The summed E-state index contributed by atoms with van der Waals surface area (Å²) >= 11 is 0. The molecule has 0 spiro atoms. The maximum Gasteiger partial charge on any atom is 0.246 e. The molecule has 0 aromatic heterocycles.